The number of amides is 1. The zero-order valence-electron chi connectivity index (χ0n) is 19.0. The van der Waals surface area contributed by atoms with Crippen molar-refractivity contribution in [3.63, 3.8) is 0 Å². The summed E-state index contributed by atoms with van der Waals surface area (Å²) in [7, 11) is 0. The van der Waals surface area contributed by atoms with Gasteiger partial charge < -0.3 is 30.2 Å². The molecule has 0 bridgehead atoms. The van der Waals surface area contributed by atoms with Crippen molar-refractivity contribution in [1.82, 2.24) is 20.3 Å². The molecular weight excluding hydrogens is 434 g/mol. The molecule has 3 heterocycles. The van der Waals surface area contributed by atoms with E-state index in [1.807, 2.05) is 12.1 Å². The highest BCUT2D eigenvalue weighted by Gasteiger charge is 2.29. The molecule has 9 nitrogen and oxygen atoms in total. The van der Waals surface area contributed by atoms with Gasteiger partial charge in [-0.25, -0.2) is 9.97 Å². The van der Waals surface area contributed by atoms with Gasteiger partial charge in [0.25, 0.3) is 5.91 Å². The summed E-state index contributed by atoms with van der Waals surface area (Å²) in [6.45, 7) is 0.802. The molecule has 6 rings (SSSR count). The smallest absolute Gasteiger partial charge is 0.255 e. The standard InChI is InChI=1S/C25H29N5O4/c26-15-4-6-16(7-5-15)30-25(31)17-10-27-23-21(17)28-12-29-22(23)20-18(32-11-14-2-1-3-14)8-9-19-24(20)34-13-33-19/h8-10,12,14-16,27H,1-7,11,13,26H2,(H,30,31). The first-order valence-electron chi connectivity index (χ1n) is 12.1. The van der Waals surface area contributed by atoms with Crippen LogP contribution in [-0.4, -0.2) is 46.3 Å². The number of carbonyl (C=O) groups excluding carboxylic acids is 1. The monoisotopic (exact) mass is 463 g/mol. The van der Waals surface area contributed by atoms with Gasteiger partial charge in [-0.3, -0.25) is 4.79 Å². The molecule has 1 amide bonds. The number of nitrogens with zero attached hydrogens (tertiary/aromatic N) is 2. The number of fused-ring (bicyclic) bond motifs is 2. The van der Waals surface area contributed by atoms with Crippen LogP contribution in [0.15, 0.2) is 24.7 Å². The van der Waals surface area contributed by atoms with Crippen LogP contribution < -0.4 is 25.3 Å². The average molecular weight is 464 g/mol. The first kappa shape index (κ1) is 21.2. The van der Waals surface area contributed by atoms with E-state index in [1.54, 1.807) is 6.20 Å². The first-order valence-corrected chi connectivity index (χ1v) is 12.1. The third kappa shape index (κ3) is 3.83. The molecule has 3 aromatic rings. The number of ether oxygens (including phenoxy) is 3. The summed E-state index contributed by atoms with van der Waals surface area (Å²) >= 11 is 0. The molecule has 2 aromatic heterocycles. The Morgan fingerprint density at radius 3 is 2.79 bits per heavy atom. The molecule has 2 saturated carbocycles. The lowest BCUT2D eigenvalue weighted by Gasteiger charge is -2.26. The van der Waals surface area contributed by atoms with Crippen molar-refractivity contribution < 1.29 is 19.0 Å². The molecule has 2 aliphatic carbocycles. The Hall–Kier alpha value is -3.33. The first-order chi connectivity index (χ1) is 16.7. The SMILES string of the molecule is NC1CCC(NC(=O)c2c[nH]c3c(-c4c(OCC5CCC5)ccc5c4OCO5)ncnc23)CC1. The lowest BCUT2D eigenvalue weighted by Crippen LogP contribution is -2.40. The predicted molar refractivity (Wildman–Crippen MR) is 126 cm³/mol. The Labute approximate surface area is 197 Å². The van der Waals surface area contributed by atoms with Crippen molar-refractivity contribution in [3.05, 3.63) is 30.2 Å². The number of hydrogen-bond donors (Lipinski definition) is 3. The van der Waals surface area contributed by atoms with Gasteiger partial charge in [-0.2, -0.15) is 0 Å². The number of aromatic nitrogens is 3. The second-order valence-corrected chi connectivity index (χ2v) is 9.51. The number of carbonyl (C=O) groups is 1. The molecular formula is C25H29N5O4. The fraction of sp³-hybridized carbons (Fsp3) is 0.480. The number of aromatic amines is 1. The van der Waals surface area contributed by atoms with Gasteiger partial charge in [0.2, 0.25) is 6.79 Å². The van der Waals surface area contributed by atoms with Gasteiger partial charge in [0.1, 0.15) is 23.3 Å². The molecule has 4 N–H and O–H groups in total. The highest BCUT2D eigenvalue weighted by Crippen LogP contribution is 2.48. The van der Waals surface area contributed by atoms with E-state index >= 15 is 0 Å². The van der Waals surface area contributed by atoms with Crippen LogP contribution in [0.5, 0.6) is 17.2 Å². The number of nitrogens with one attached hydrogen (secondary N) is 2. The third-order valence-electron chi connectivity index (χ3n) is 7.25. The van der Waals surface area contributed by atoms with Crippen LogP contribution in [0.3, 0.4) is 0 Å². The van der Waals surface area contributed by atoms with Crippen LogP contribution in [0.4, 0.5) is 0 Å². The van der Waals surface area contributed by atoms with E-state index in [9.17, 15) is 4.79 Å². The minimum absolute atomic E-state index is 0.132. The number of H-pyrrole nitrogens is 1. The summed E-state index contributed by atoms with van der Waals surface area (Å²) in [5, 5.41) is 3.15. The summed E-state index contributed by atoms with van der Waals surface area (Å²) in [6, 6.07) is 4.13. The minimum Gasteiger partial charge on any atom is -0.492 e. The largest absolute Gasteiger partial charge is 0.492 e. The van der Waals surface area contributed by atoms with Crippen LogP contribution in [0.2, 0.25) is 0 Å². The second-order valence-electron chi connectivity index (χ2n) is 9.51. The zero-order chi connectivity index (χ0) is 23.1. The fourth-order valence-electron chi connectivity index (χ4n) is 4.99. The molecule has 9 heteroatoms. The summed E-state index contributed by atoms with van der Waals surface area (Å²) < 4.78 is 17.7. The molecule has 34 heavy (non-hydrogen) atoms. The Morgan fingerprint density at radius 1 is 1.15 bits per heavy atom. The second kappa shape index (κ2) is 8.79. The lowest BCUT2D eigenvalue weighted by molar-refractivity contribution is 0.0927. The molecule has 3 aliphatic rings. The van der Waals surface area contributed by atoms with E-state index in [2.05, 4.69) is 20.3 Å². The van der Waals surface area contributed by atoms with E-state index in [-0.39, 0.29) is 24.8 Å². The topological polar surface area (TPSA) is 124 Å². The fourth-order valence-corrected chi connectivity index (χ4v) is 4.99. The minimum atomic E-state index is -0.143. The van der Waals surface area contributed by atoms with Crippen molar-refractivity contribution in [2.45, 2.75) is 57.0 Å². The number of nitrogens with two attached hydrogens (primary N) is 1. The summed E-state index contributed by atoms with van der Waals surface area (Å²) in [5.41, 5.74) is 9.07. The Bertz CT molecular complexity index is 1210. The van der Waals surface area contributed by atoms with Crippen LogP contribution in [-0.2, 0) is 0 Å². The molecule has 0 radical (unpaired) electrons. The van der Waals surface area contributed by atoms with Crippen molar-refractivity contribution in [2.75, 3.05) is 13.4 Å². The highest BCUT2D eigenvalue weighted by atomic mass is 16.7. The molecule has 2 fully saturated rings. The van der Waals surface area contributed by atoms with Gasteiger partial charge >= 0.3 is 0 Å². The molecule has 0 unspecified atom stereocenters. The normalized spacial score (nSPS) is 21.9. The van der Waals surface area contributed by atoms with Gasteiger partial charge in [-0.15, -0.1) is 0 Å². The molecule has 0 spiro atoms. The van der Waals surface area contributed by atoms with Crippen LogP contribution >= 0.6 is 0 Å². The van der Waals surface area contributed by atoms with Crippen LogP contribution in [0, 0.1) is 5.92 Å². The average Bonchev–Trinajstić information content (AvgIpc) is 3.46. The quantitative estimate of drug-likeness (QED) is 0.511. The summed E-state index contributed by atoms with van der Waals surface area (Å²) in [4.78, 5) is 25.3. The summed E-state index contributed by atoms with van der Waals surface area (Å²) in [6.07, 6.45) is 10.5. The van der Waals surface area contributed by atoms with E-state index in [1.165, 1.54) is 25.6 Å². The maximum absolute atomic E-state index is 13.1. The van der Waals surface area contributed by atoms with Gasteiger partial charge in [-0.05, 0) is 56.6 Å². The molecule has 0 saturated heterocycles. The van der Waals surface area contributed by atoms with Crippen LogP contribution in [0.1, 0.15) is 55.3 Å². The van der Waals surface area contributed by atoms with E-state index in [4.69, 9.17) is 19.9 Å². The van der Waals surface area contributed by atoms with Gasteiger partial charge in [0, 0.05) is 18.3 Å². The highest BCUT2D eigenvalue weighted by molar-refractivity contribution is 6.08. The molecule has 0 atom stereocenters. The lowest BCUT2D eigenvalue weighted by atomic mass is 9.86. The zero-order valence-corrected chi connectivity index (χ0v) is 19.0. The molecule has 178 valence electrons. The van der Waals surface area contributed by atoms with Gasteiger partial charge in [-0.1, -0.05) is 6.42 Å². The van der Waals surface area contributed by atoms with E-state index in [0.717, 1.165) is 31.2 Å². The van der Waals surface area contributed by atoms with Crippen molar-refractivity contribution in [2.24, 2.45) is 11.7 Å². The van der Waals surface area contributed by atoms with Gasteiger partial charge in [0.05, 0.1) is 23.3 Å². The Balaban J connectivity index is 1.34. The van der Waals surface area contributed by atoms with Crippen LogP contribution in [0.25, 0.3) is 22.3 Å². The van der Waals surface area contributed by atoms with Crippen molar-refractivity contribution in [3.8, 4) is 28.5 Å². The van der Waals surface area contributed by atoms with E-state index < -0.39 is 0 Å². The molecule has 1 aromatic carbocycles. The van der Waals surface area contributed by atoms with E-state index in [0.29, 0.717) is 52.1 Å². The number of rotatable bonds is 6. The Kier molecular flexibility index (Phi) is 5.49. The maximum Gasteiger partial charge on any atom is 0.255 e. The number of benzene rings is 1. The van der Waals surface area contributed by atoms with Crippen molar-refractivity contribution >= 4 is 16.9 Å². The summed E-state index contributed by atoms with van der Waals surface area (Å²) in [5.74, 6) is 2.38. The van der Waals surface area contributed by atoms with Crippen molar-refractivity contribution in [1.29, 1.82) is 0 Å². The third-order valence-corrected chi connectivity index (χ3v) is 7.25. The Morgan fingerprint density at radius 2 is 2.00 bits per heavy atom. The predicted octanol–water partition coefficient (Wildman–Crippen LogP) is 3.53. The molecule has 1 aliphatic heterocycles. The maximum atomic E-state index is 13.1. The number of hydrogen-bond acceptors (Lipinski definition) is 7. The van der Waals surface area contributed by atoms with Gasteiger partial charge in [0.15, 0.2) is 11.5 Å².